The van der Waals surface area contributed by atoms with Gasteiger partial charge in [-0.3, -0.25) is 19.3 Å². The van der Waals surface area contributed by atoms with Crippen molar-refractivity contribution < 1.29 is 23.9 Å². The third-order valence-electron chi connectivity index (χ3n) is 4.18. The highest BCUT2D eigenvalue weighted by Gasteiger charge is 2.30. The van der Waals surface area contributed by atoms with Crippen LogP contribution in [-0.2, 0) is 19.1 Å². The number of anilines is 2. The van der Waals surface area contributed by atoms with Crippen molar-refractivity contribution in [2.24, 2.45) is 0 Å². The van der Waals surface area contributed by atoms with E-state index < -0.39 is 18.0 Å². The molecule has 0 unspecified atom stereocenters. The molecule has 1 aliphatic rings. The zero-order chi connectivity index (χ0) is 20.3. The molecule has 8 heteroatoms. The summed E-state index contributed by atoms with van der Waals surface area (Å²) in [6.45, 7) is 1.47. The maximum absolute atomic E-state index is 12.3. The highest BCUT2D eigenvalue weighted by atomic mass is 79.9. The number of nitrogens with zero attached hydrogens (tertiary/aromatic N) is 1. The molecule has 0 radical (unpaired) electrons. The Hall–Kier alpha value is -3.00. The summed E-state index contributed by atoms with van der Waals surface area (Å²) in [6, 6.07) is 12.9. The Morgan fingerprint density at radius 3 is 2.14 bits per heavy atom. The molecule has 0 aliphatic carbocycles. The summed E-state index contributed by atoms with van der Waals surface area (Å²) in [4.78, 5) is 49.1. The predicted octanol–water partition coefficient (Wildman–Crippen LogP) is 3.29. The van der Waals surface area contributed by atoms with E-state index in [0.29, 0.717) is 11.4 Å². The van der Waals surface area contributed by atoms with Crippen LogP contribution < -0.4 is 10.2 Å². The van der Waals surface area contributed by atoms with Crippen molar-refractivity contribution in [2.45, 2.75) is 25.9 Å². The normalized spacial score (nSPS) is 14.7. The molecule has 0 aromatic heterocycles. The minimum Gasteiger partial charge on any atom is -0.449 e. The van der Waals surface area contributed by atoms with E-state index in [1.54, 1.807) is 24.3 Å². The summed E-state index contributed by atoms with van der Waals surface area (Å²) in [5.41, 5.74) is 1.21. The summed E-state index contributed by atoms with van der Waals surface area (Å²) in [5.74, 6) is -1.67. The Bertz CT molecular complexity index is 909. The van der Waals surface area contributed by atoms with E-state index in [2.05, 4.69) is 21.2 Å². The second-order valence-corrected chi connectivity index (χ2v) is 7.13. The van der Waals surface area contributed by atoms with Crippen molar-refractivity contribution in [3.8, 4) is 0 Å². The first-order valence-electron chi connectivity index (χ1n) is 8.58. The van der Waals surface area contributed by atoms with Gasteiger partial charge in [0.25, 0.3) is 5.91 Å². The summed E-state index contributed by atoms with van der Waals surface area (Å²) in [6.07, 6.45) is -0.626. The van der Waals surface area contributed by atoms with E-state index in [4.69, 9.17) is 4.74 Å². The molecule has 2 aromatic carbocycles. The fourth-order valence-electron chi connectivity index (χ4n) is 2.67. The lowest BCUT2D eigenvalue weighted by molar-refractivity contribution is -0.124. The molecule has 0 saturated carbocycles. The number of halogens is 1. The summed E-state index contributed by atoms with van der Waals surface area (Å²) in [7, 11) is 0. The molecule has 7 nitrogen and oxygen atoms in total. The van der Waals surface area contributed by atoms with Gasteiger partial charge in [0.2, 0.25) is 11.8 Å². The lowest BCUT2D eigenvalue weighted by atomic mass is 10.2. The lowest BCUT2D eigenvalue weighted by Gasteiger charge is -2.15. The molecule has 1 saturated heterocycles. The average Bonchev–Trinajstić information content (AvgIpc) is 3.02. The van der Waals surface area contributed by atoms with Crippen LogP contribution in [0.25, 0.3) is 0 Å². The van der Waals surface area contributed by atoms with Gasteiger partial charge in [0.1, 0.15) is 0 Å². The third kappa shape index (κ3) is 4.45. The molecule has 28 heavy (non-hydrogen) atoms. The Balaban J connectivity index is 1.60. The van der Waals surface area contributed by atoms with E-state index in [0.717, 1.165) is 9.37 Å². The largest absolute Gasteiger partial charge is 0.449 e. The van der Waals surface area contributed by atoms with Crippen molar-refractivity contribution in [1.29, 1.82) is 0 Å². The first kappa shape index (κ1) is 19.8. The molecular weight excluding hydrogens is 428 g/mol. The molecule has 144 valence electrons. The quantitative estimate of drug-likeness (QED) is 0.564. The number of imide groups is 1. The highest BCUT2D eigenvalue weighted by Crippen LogP contribution is 2.23. The number of ether oxygens (including phenoxy) is 1. The number of amides is 3. The third-order valence-corrected chi connectivity index (χ3v) is 4.71. The molecule has 0 spiro atoms. The van der Waals surface area contributed by atoms with Crippen LogP contribution in [0.5, 0.6) is 0 Å². The van der Waals surface area contributed by atoms with Crippen LogP contribution in [0.4, 0.5) is 11.4 Å². The highest BCUT2D eigenvalue weighted by molar-refractivity contribution is 9.10. The van der Waals surface area contributed by atoms with Gasteiger partial charge in [-0.05, 0) is 55.5 Å². The molecule has 1 heterocycles. The van der Waals surface area contributed by atoms with E-state index in [9.17, 15) is 19.2 Å². The molecule has 1 fully saturated rings. The van der Waals surface area contributed by atoms with Crippen LogP contribution in [0.2, 0.25) is 0 Å². The van der Waals surface area contributed by atoms with Crippen LogP contribution in [0.1, 0.15) is 30.1 Å². The molecule has 0 bridgehead atoms. The van der Waals surface area contributed by atoms with Crippen LogP contribution in [-0.4, -0.2) is 29.8 Å². The SMILES string of the molecule is C[C@@H](OC(=O)c1ccc(N2C(=O)CCC2=O)cc1)C(=O)Nc1ccc(Br)cc1. The Morgan fingerprint density at radius 1 is 1.00 bits per heavy atom. The van der Waals surface area contributed by atoms with E-state index in [1.165, 1.54) is 31.2 Å². The van der Waals surface area contributed by atoms with Gasteiger partial charge in [-0.25, -0.2) is 4.79 Å². The maximum Gasteiger partial charge on any atom is 0.338 e. The minimum absolute atomic E-state index is 0.188. The van der Waals surface area contributed by atoms with Gasteiger partial charge in [0, 0.05) is 23.0 Å². The molecule has 1 N–H and O–H groups in total. The zero-order valence-electron chi connectivity index (χ0n) is 15.0. The number of hydrogen-bond acceptors (Lipinski definition) is 5. The molecule has 2 aromatic rings. The lowest BCUT2D eigenvalue weighted by Crippen LogP contribution is -2.30. The molecule has 1 aliphatic heterocycles. The van der Waals surface area contributed by atoms with Crippen LogP contribution in [0, 0.1) is 0 Å². The van der Waals surface area contributed by atoms with Gasteiger partial charge < -0.3 is 10.1 Å². The van der Waals surface area contributed by atoms with Crippen LogP contribution in [0.15, 0.2) is 53.0 Å². The number of rotatable bonds is 5. The first-order valence-corrected chi connectivity index (χ1v) is 9.37. The van der Waals surface area contributed by atoms with Gasteiger partial charge in [0.05, 0.1) is 11.3 Å². The Kier molecular flexibility index (Phi) is 5.89. The van der Waals surface area contributed by atoms with Gasteiger partial charge in [-0.15, -0.1) is 0 Å². The van der Waals surface area contributed by atoms with Crippen molar-refractivity contribution in [1.82, 2.24) is 0 Å². The van der Waals surface area contributed by atoms with Gasteiger partial charge >= 0.3 is 5.97 Å². The predicted molar refractivity (Wildman–Crippen MR) is 106 cm³/mol. The average molecular weight is 445 g/mol. The molecular formula is C20H17BrN2O5. The summed E-state index contributed by atoms with van der Waals surface area (Å²) in [5, 5.41) is 2.66. The number of carbonyl (C=O) groups excluding carboxylic acids is 4. The van der Waals surface area contributed by atoms with Crippen LogP contribution in [0.3, 0.4) is 0 Å². The van der Waals surface area contributed by atoms with Crippen molar-refractivity contribution in [3.05, 3.63) is 58.6 Å². The second-order valence-electron chi connectivity index (χ2n) is 6.21. The number of carbonyl (C=O) groups is 4. The molecule has 3 amide bonds. The van der Waals surface area contributed by atoms with Gasteiger partial charge in [-0.1, -0.05) is 15.9 Å². The minimum atomic E-state index is -1.00. The number of benzene rings is 2. The van der Waals surface area contributed by atoms with E-state index in [1.807, 2.05) is 0 Å². The Labute approximate surface area is 169 Å². The Morgan fingerprint density at radius 2 is 1.57 bits per heavy atom. The smallest absolute Gasteiger partial charge is 0.338 e. The van der Waals surface area contributed by atoms with E-state index in [-0.39, 0.29) is 30.2 Å². The van der Waals surface area contributed by atoms with Crippen molar-refractivity contribution >= 4 is 51.0 Å². The fraction of sp³-hybridized carbons (Fsp3) is 0.200. The number of esters is 1. The fourth-order valence-corrected chi connectivity index (χ4v) is 2.93. The second kappa shape index (κ2) is 8.35. The van der Waals surface area contributed by atoms with Gasteiger partial charge in [0.15, 0.2) is 6.10 Å². The van der Waals surface area contributed by atoms with Crippen molar-refractivity contribution in [2.75, 3.05) is 10.2 Å². The maximum atomic E-state index is 12.3. The first-order chi connectivity index (χ1) is 13.3. The standard InChI is InChI=1S/C20H17BrN2O5/c1-12(19(26)22-15-6-4-14(21)5-7-15)28-20(27)13-2-8-16(9-3-13)23-17(24)10-11-18(23)25/h2-9,12H,10-11H2,1H3,(H,22,26)/t12-/m1/s1. The zero-order valence-corrected chi connectivity index (χ0v) is 16.6. The summed E-state index contributed by atoms with van der Waals surface area (Å²) < 4.78 is 6.07. The number of hydrogen-bond donors (Lipinski definition) is 1. The van der Waals surface area contributed by atoms with E-state index >= 15 is 0 Å². The number of nitrogens with one attached hydrogen (secondary N) is 1. The summed E-state index contributed by atoms with van der Waals surface area (Å²) >= 11 is 3.31. The van der Waals surface area contributed by atoms with Crippen LogP contribution >= 0.6 is 15.9 Å². The molecule has 1 atom stereocenters. The topological polar surface area (TPSA) is 92.8 Å². The monoisotopic (exact) mass is 444 g/mol. The van der Waals surface area contributed by atoms with Gasteiger partial charge in [-0.2, -0.15) is 0 Å². The molecule has 3 rings (SSSR count). The van der Waals surface area contributed by atoms with Crippen molar-refractivity contribution in [3.63, 3.8) is 0 Å².